The van der Waals surface area contributed by atoms with Gasteiger partial charge in [-0.05, 0) is 19.8 Å². The molecule has 216 valence electrons. The molecule has 0 spiro atoms. The van der Waals surface area contributed by atoms with Gasteiger partial charge in [0.05, 0.1) is 25.9 Å². The Morgan fingerprint density at radius 2 is 1.53 bits per heavy atom. The summed E-state index contributed by atoms with van der Waals surface area (Å²) in [6, 6.07) is 0. The van der Waals surface area contributed by atoms with E-state index >= 15 is 0 Å². The Balaban J connectivity index is 1.96. The molecule has 0 unspecified atom stereocenters. The summed E-state index contributed by atoms with van der Waals surface area (Å²) in [5, 5.41) is -0.0407. The fourth-order valence-corrected chi connectivity index (χ4v) is 6.12. The third-order valence-corrected chi connectivity index (χ3v) is 9.27. The van der Waals surface area contributed by atoms with Crippen LogP contribution < -0.4 is 11.2 Å². The quantitative estimate of drug-likeness (QED) is 0.273. The molecular formula is C24H39N2O9PS2. The Bertz CT molecular complexity index is 1100. The molecule has 2 rings (SSSR count). The highest BCUT2D eigenvalue weighted by atomic mass is 32.2. The second kappa shape index (κ2) is 13.9. The first-order valence-electron chi connectivity index (χ1n) is 12.4. The Morgan fingerprint density at radius 3 is 2.03 bits per heavy atom. The van der Waals surface area contributed by atoms with Gasteiger partial charge in [-0.15, -0.1) is 0 Å². The number of rotatable bonds is 12. The SMILES string of the molecule is Cc1cn([C@H]2CC[C@@H](COP(=O)(OCCSC(=O)C(C)(C)C)OCCSC(=O)C(C)(C)C)O2)c(=O)[nH]c1=O. The Kier molecular flexibility index (Phi) is 12.1. The Hall–Kier alpha value is -1.21. The zero-order valence-electron chi connectivity index (χ0n) is 23.1. The summed E-state index contributed by atoms with van der Waals surface area (Å²) >= 11 is 2.15. The maximum atomic E-state index is 13.3. The Labute approximate surface area is 231 Å². The topological polar surface area (TPSA) is 143 Å². The summed E-state index contributed by atoms with van der Waals surface area (Å²) in [6.07, 6.45) is 1.35. The van der Waals surface area contributed by atoms with Crippen LogP contribution in [0.15, 0.2) is 15.8 Å². The van der Waals surface area contributed by atoms with Gasteiger partial charge in [-0.3, -0.25) is 37.5 Å². The second-order valence-corrected chi connectivity index (χ2v) is 14.8. The van der Waals surface area contributed by atoms with Crippen LogP contribution in [0.4, 0.5) is 0 Å². The van der Waals surface area contributed by atoms with Gasteiger partial charge < -0.3 is 4.74 Å². The van der Waals surface area contributed by atoms with E-state index in [0.717, 1.165) is 23.5 Å². The minimum atomic E-state index is -4.03. The van der Waals surface area contributed by atoms with E-state index in [1.807, 2.05) is 41.5 Å². The lowest BCUT2D eigenvalue weighted by atomic mass is 9.99. The van der Waals surface area contributed by atoms with Crippen LogP contribution in [0.1, 0.15) is 66.2 Å². The summed E-state index contributed by atoms with van der Waals surface area (Å²) in [6.45, 7) is 12.3. The molecule has 1 saturated heterocycles. The number of aromatic amines is 1. The summed E-state index contributed by atoms with van der Waals surface area (Å²) in [5.41, 5.74) is -1.68. The van der Waals surface area contributed by atoms with Crippen molar-refractivity contribution in [3.8, 4) is 0 Å². The molecule has 0 bridgehead atoms. The zero-order valence-corrected chi connectivity index (χ0v) is 25.6. The van der Waals surface area contributed by atoms with Crippen molar-refractivity contribution in [2.75, 3.05) is 31.3 Å². The van der Waals surface area contributed by atoms with Crippen molar-refractivity contribution < 1.29 is 32.5 Å². The lowest BCUT2D eigenvalue weighted by Gasteiger charge is -2.21. The van der Waals surface area contributed by atoms with Gasteiger partial charge >= 0.3 is 13.5 Å². The first-order valence-corrected chi connectivity index (χ1v) is 15.8. The lowest BCUT2D eigenvalue weighted by Crippen LogP contribution is -2.33. The number of carbonyl (C=O) groups excluding carboxylic acids is 2. The molecule has 1 aromatic rings. The molecule has 2 heterocycles. The number of thioether (sulfide) groups is 2. The van der Waals surface area contributed by atoms with Gasteiger partial charge in [0.15, 0.2) is 10.2 Å². The summed E-state index contributed by atoms with van der Waals surface area (Å²) in [5.74, 6) is 0.529. The normalized spacial score (nSPS) is 18.6. The van der Waals surface area contributed by atoms with Crippen molar-refractivity contribution in [1.82, 2.24) is 9.55 Å². The molecule has 1 aliphatic rings. The van der Waals surface area contributed by atoms with Crippen LogP contribution in [0.3, 0.4) is 0 Å². The van der Waals surface area contributed by atoms with Crippen molar-refractivity contribution in [3.05, 3.63) is 32.6 Å². The van der Waals surface area contributed by atoms with Crippen molar-refractivity contribution in [1.29, 1.82) is 0 Å². The number of phosphoric ester groups is 1. The van der Waals surface area contributed by atoms with Crippen molar-refractivity contribution >= 4 is 41.6 Å². The number of aryl methyl sites for hydroxylation is 1. The van der Waals surface area contributed by atoms with Crippen molar-refractivity contribution in [3.63, 3.8) is 0 Å². The first kappa shape index (κ1) is 33.0. The number of hydrogen-bond acceptors (Lipinski definition) is 11. The fraction of sp³-hybridized carbons (Fsp3) is 0.750. The van der Waals surface area contributed by atoms with E-state index in [1.54, 1.807) is 6.92 Å². The van der Waals surface area contributed by atoms with Gasteiger partial charge in [-0.2, -0.15) is 0 Å². The van der Waals surface area contributed by atoms with Gasteiger partial charge in [0, 0.05) is 34.1 Å². The molecule has 1 fully saturated rings. The molecule has 1 N–H and O–H groups in total. The maximum Gasteiger partial charge on any atom is 0.474 e. The van der Waals surface area contributed by atoms with Crippen LogP contribution in [0.5, 0.6) is 0 Å². The highest BCUT2D eigenvalue weighted by Crippen LogP contribution is 2.50. The largest absolute Gasteiger partial charge is 0.474 e. The molecule has 2 atom stereocenters. The molecule has 11 nitrogen and oxygen atoms in total. The molecule has 0 amide bonds. The zero-order chi connectivity index (χ0) is 28.7. The molecule has 0 saturated carbocycles. The Morgan fingerprint density at radius 1 is 1.00 bits per heavy atom. The molecule has 1 aromatic heterocycles. The fourth-order valence-electron chi connectivity index (χ4n) is 3.10. The average molecular weight is 595 g/mol. The second-order valence-electron chi connectivity index (χ2n) is 11.0. The number of ether oxygens (including phenoxy) is 1. The van der Waals surface area contributed by atoms with Gasteiger partial charge in [-0.1, -0.05) is 65.1 Å². The number of phosphoric acid groups is 1. The van der Waals surface area contributed by atoms with Crippen LogP contribution in [0.25, 0.3) is 0 Å². The first-order chi connectivity index (χ1) is 17.5. The van der Waals surface area contributed by atoms with E-state index < -0.39 is 42.2 Å². The number of nitrogens with zero attached hydrogens (tertiary/aromatic N) is 1. The monoisotopic (exact) mass is 594 g/mol. The van der Waals surface area contributed by atoms with Gasteiger partial charge in [-0.25, -0.2) is 9.36 Å². The minimum Gasteiger partial charge on any atom is -0.352 e. The molecule has 1 aliphatic heterocycles. The van der Waals surface area contributed by atoms with E-state index in [0.29, 0.717) is 18.4 Å². The highest BCUT2D eigenvalue weighted by molar-refractivity contribution is 8.14. The van der Waals surface area contributed by atoms with Crippen molar-refractivity contribution in [2.45, 2.75) is 73.6 Å². The van der Waals surface area contributed by atoms with E-state index in [4.69, 9.17) is 18.3 Å². The predicted octanol–water partition coefficient (Wildman–Crippen LogP) is 4.29. The molecule has 0 aliphatic carbocycles. The van der Waals surface area contributed by atoms with Crippen LogP contribution in [0, 0.1) is 17.8 Å². The van der Waals surface area contributed by atoms with Crippen LogP contribution in [0.2, 0.25) is 0 Å². The summed E-state index contributed by atoms with van der Waals surface area (Å²) < 4.78 is 37.1. The average Bonchev–Trinajstić information content (AvgIpc) is 3.28. The van der Waals surface area contributed by atoms with E-state index in [2.05, 4.69) is 4.98 Å². The van der Waals surface area contributed by atoms with Crippen LogP contribution >= 0.6 is 31.3 Å². The van der Waals surface area contributed by atoms with Gasteiger partial charge in [0.2, 0.25) is 0 Å². The summed E-state index contributed by atoms with van der Waals surface area (Å²) in [7, 11) is -4.03. The smallest absolute Gasteiger partial charge is 0.352 e. The highest BCUT2D eigenvalue weighted by Gasteiger charge is 2.33. The molecule has 14 heteroatoms. The van der Waals surface area contributed by atoms with Crippen LogP contribution in [-0.4, -0.2) is 57.2 Å². The van der Waals surface area contributed by atoms with Gasteiger partial charge in [0.1, 0.15) is 6.23 Å². The van der Waals surface area contributed by atoms with E-state index in [1.165, 1.54) is 10.8 Å². The predicted molar refractivity (Wildman–Crippen MR) is 149 cm³/mol. The van der Waals surface area contributed by atoms with Crippen LogP contribution in [-0.2, 0) is 32.5 Å². The summed E-state index contributed by atoms with van der Waals surface area (Å²) in [4.78, 5) is 50.3. The molecular weight excluding hydrogens is 555 g/mol. The lowest BCUT2D eigenvalue weighted by molar-refractivity contribution is -0.118. The minimum absolute atomic E-state index is 0.0204. The number of H-pyrrole nitrogens is 1. The van der Waals surface area contributed by atoms with E-state index in [-0.39, 0.29) is 41.6 Å². The molecule has 38 heavy (non-hydrogen) atoms. The number of hydrogen-bond donors (Lipinski definition) is 1. The number of aromatic nitrogens is 2. The van der Waals surface area contributed by atoms with Crippen molar-refractivity contribution in [2.24, 2.45) is 10.8 Å². The number of carbonyl (C=O) groups is 2. The maximum absolute atomic E-state index is 13.3. The molecule has 0 aromatic carbocycles. The third kappa shape index (κ3) is 10.4. The standard InChI is InChI=1S/C24H39N2O9PS2/c1-16-14-26(22(30)25-19(16)27)18-9-8-17(35-18)15-34-36(31,32-10-12-37-20(28)23(2,3)4)33-11-13-38-21(29)24(5,6)7/h14,17-18H,8-13,15H2,1-7H3,(H,25,27,30)/t17-,18+/m0/s1. The van der Waals surface area contributed by atoms with E-state index in [9.17, 15) is 23.7 Å². The molecule has 0 radical (unpaired) electrons. The third-order valence-electron chi connectivity index (χ3n) is 5.32. The number of nitrogens with one attached hydrogen (secondary N) is 1. The van der Waals surface area contributed by atoms with Gasteiger partial charge in [0.25, 0.3) is 5.56 Å².